The van der Waals surface area contributed by atoms with Gasteiger partial charge in [0.05, 0.1) is 0 Å². The van der Waals surface area contributed by atoms with Gasteiger partial charge in [0.1, 0.15) is 0 Å². The van der Waals surface area contributed by atoms with Crippen molar-refractivity contribution in [3.63, 3.8) is 0 Å². The van der Waals surface area contributed by atoms with Crippen LogP contribution in [0.25, 0.3) is 0 Å². The van der Waals surface area contributed by atoms with Crippen molar-refractivity contribution in [3.8, 4) is 0 Å². The fourth-order valence-corrected chi connectivity index (χ4v) is 0.477. The second-order valence-corrected chi connectivity index (χ2v) is 1.80. The van der Waals surface area contributed by atoms with Crippen molar-refractivity contribution in [1.82, 2.24) is 5.23 Å². The molecule has 7 heteroatoms. The van der Waals surface area contributed by atoms with Gasteiger partial charge >= 0.3 is 11.9 Å². The number of nitrogens with two attached hydrogens (primary N) is 1. The number of nitrogens with one attached hydrogen (secondary N) is 1. The molecule has 0 spiro atoms. The van der Waals surface area contributed by atoms with E-state index < -0.39 is 17.9 Å². The van der Waals surface area contributed by atoms with E-state index in [1.807, 2.05) is 0 Å². The second kappa shape index (κ2) is 2.91. The number of guanidine groups is 1. The van der Waals surface area contributed by atoms with E-state index in [2.05, 4.69) is 9.68 Å². The van der Waals surface area contributed by atoms with E-state index in [1.165, 1.54) is 0 Å². The van der Waals surface area contributed by atoms with Crippen molar-refractivity contribution in [2.45, 2.75) is 0 Å². The van der Waals surface area contributed by atoms with Crippen LogP contribution in [0.2, 0.25) is 0 Å². The Morgan fingerprint density at radius 3 is 2.08 bits per heavy atom. The van der Waals surface area contributed by atoms with Crippen molar-refractivity contribution in [2.24, 2.45) is 5.73 Å². The summed E-state index contributed by atoms with van der Waals surface area (Å²) in [6.45, 7) is 0. The van der Waals surface area contributed by atoms with Crippen molar-refractivity contribution >= 4 is 17.9 Å². The minimum atomic E-state index is -0.837. The van der Waals surface area contributed by atoms with Gasteiger partial charge in [-0.3, -0.25) is 15.1 Å². The fourth-order valence-electron chi connectivity index (χ4n) is 0.477. The molecule has 3 N–H and O–H groups in total. The predicted molar refractivity (Wildman–Crippen MR) is 35.1 cm³/mol. The summed E-state index contributed by atoms with van der Waals surface area (Å²) >= 11 is 0. The van der Waals surface area contributed by atoms with Crippen LogP contribution in [0.5, 0.6) is 0 Å². The molecule has 0 bridgehead atoms. The molecule has 1 rings (SSSR count). The van der Waals surface area contributed by atoms with E-state index in [4.69, 9.17) is 11.1 Å². The smallest absolute Gasteiger partial charge is 0.360 e. The third kappa shape index (κ3) is 1.72. The third-order valence-corrected chi connectivity index (χ3v) is 0.898. The predicted octanol–water partition coefficient (Wildman–Crippen LogP) is -1.33. The zero-order valence-corrected chi connectivity index (χ0v) is 5.81. The Bertz CT molecular complexity index is 252. The molecule has 12 heavy (non-hydrogen) atoms. The van der Waals surface area contributed by atoms with Crippen molar-refractivity contribution in [2.75, 3.05) is 0 Å². The molecule has 1 aliphatic rings. The van der Waals surface area contributed by atoms with Crippen LogP contribution in [0.4, 0.5) is 0 Å². The molecular formula is C5H5N3O4. The van der Waals surface area contributed by atoms with E-state index in [9.17, 15) is 9.59 Å². The Kier molecular flexibility index (Phi) is 1.95. The van der Waals surface area contributed by atoms with Gasteiger partial charge in [0.25, 0.3) is 5.96 Å². The maximum Gasteiger partial charge on any atom is 0.360 e. The average molecular weight is 171 g/mol. The lowest BCUT2D eigenvalue weighted by Crippen LogP contribution is -2.38. The van der Waals surface area contributed by atoms with Crippen molar-refractivity contribution < 1.29 is 19.3 Å². The van der Waals surface area contributed by atoms with Crippen LogP contribution < -0.4 is 5.73 Å². The summed E-state index contributed by atoms with van der Waals surface area (Å²) in [5.74, 6) is -2.37. The molecule has 1 aliphatic heterocycles. The average Bonchev–Trinajstić information content (AvgIpc) is 2.13. The van der Waals surface area contributed by atoms with Crippen LogP contribution in [0.1, 0.15) is 0 Å². The van der Waals surface area contributed by atoms with Crippen molar-refractivity contribution in [1.29, 1.82) is 5.41 Å². The highest BCUT2D eigenvalue weighted by atomic mass is 17.0. The first-order chi connectivity index (χ1) is 5.59. The third-order valence-electron chi connectivity index (χ3n) is 0.898. The topological polar surface area (TPSA) is 106 Å². The highest BCUT2D eigenvalue weighted by Crippen LogP contribution is 1.99. The molecule has 0 saturated carbocycles. The normalized spacial score (nSPS) is 16.5. The van der Waals surface area contributed by atoms with E-state index in [1.54, 1.807) is 0 Å². The van der Waals surface area contributed by atoms with Gasteiger partial charge in [-0.25, -0.2) is 9.59 Å². The molecule has 7 nitrogen and oxygen atoms in total. The maximum atomic E-state index is 10.6. The Hall–Kier alpha value is -2.05. The zero-order valence-electron chi connectivity index (χ0n) is 5.81. The van der Waals surface area contributed by atoms with Gasteiger partial charge in [0.2, 0.25) is 0 Å². The first-order valence-corrected chi connectivity index (χ1v) is 2.85. The first-order valence-electron chi connectivity index (χ1n) is 2.85. The lowest BCUT2D eigenvalue weighted by molar-refractivity contribution is -0.274. The minimum Gasteiger partial charge on any atom is -0.365 e. The molecule has 0 atom stereocenters. The standard InChI is InChI=1S/C5H5N3O4/c6-5(7)8-11-3(9)1-2-4(10)12-8/h1-2H,(H3,6,7). The Labute approximate surface area is 66.7 Å². The molecule has 0 unspecified atom stereocenters. The number of nitrogens with zero attached hydrogens (tertiary/aromatic N) is 1. The summed E-state index contributed by atoms with van der Waals surface area (Å²) in [5, 5.41) is 7.01. The van der Waals surface area contributed by atoms with Crippen LogP contribution in [0.15, 0.2) is 12.2 Å². The van der Waals surface area contributed by atoms with E-state index in [0.717, 1.165) is 12.2 Å². The number of carbonyl (C=O) groups is 2. The van der Waals surface area contributed by atoms with Gasteiger partial charge in [-0.05, 0) is 0 Å². The summed E-state index contributed by atoms with van der Waals surface area (Å²) < 4.78 is 0. The quantitative estimate of drug-likeness (QED) is 0.345. The highest BCUT2D eigenvalue weighted by molar-refractivity contribution is 5.93. The monoisotopic (exact) mass is 171 g/mol. The molecule has 64 valence electrons. The number of rotatable bonds is 0. The fraction of sp³-hybridized carbons (Fsp3) is 0. The molecular weight excluding hydrogens is 166 g/mol. The van der Waals surface area contributed by atoms with E-state index in [0.29, 0.717) is 0 Å². The number of hydroxylamine groups is 2. The van der Waals surface area contributed by atoms with Crippen molar-refractivity contribution in [3.05, 3.63) is 12.2 Å². The Morgan fingerprint density at radius 2 is 1.75 bits per heavy atom. The molecule has 0 aromatic carbocycles. The summed E-state index contributed by atoms with van der Waals surface area (Å²) in [6.07, 6.45) is 1.73. The van der Waals surface area contributed by atoms with Gasteiger partial charge in [-0.15, -0.1) is 0 Å². The van der Waals surface area contributed by atoms with E-state index >= 15 is 0 Å². The van der Waals surface area contributed by atoms with Gasteiger partial charge in [-0.2, -0.15) is 0 Å². The summed E-state index contributed by atoms with van der Waals surface area (Å²) in [5.41, 5.74) is 4.89. The van der Waals surface area contributed by atoms with Crippen LogP contribution in [-0.2, 0) is 19.3 Å². The Morgan fingerprint density at radius 1 is 1.33 bits per heavy atom. The zero-order chi connectivity index (χ0) is 9.14. The molecule has 0 aromatic rings. The molecule has 0 amide bonds. The molecule has 0 fully saturated rings. The molecule has 0 radical (unpaired) electrons. The largest absolute Gasteiger partial charge is 0.365 e. The molecule has 1 heterocycles. The molecule has 0 aromatic heterocycles. The number of carbonyl (C=O) groups excluding carboxylic acids is 2. The number of hydrogen-bond donors (Lipinski definition) is 2. The van der Waals surface area contributed by atoms with Crippen LogP contribution in [0.3, 0.4) is 0 Å². The lowest BCUT2D eigenvalue weighted by atomic mass is 10.5. The summed E-state index contributed by atoms with van der Waals surface area (Å²) in [7, 11) is 0. The van der Waals surface area contributed by atoms with Crippen LogP contribution in [0, 0.1) is 5.41 Å². The first kappa shape index (κ1) is 8.05. The Balaban J connectivity index is 2.77. The SMILES string of the molecule is N=C(N)N1OC(=O)C=CC(=O)O1. The van der Waals surface area contributed by atoms with Gasteiger partial charge in [0.15, 0.2) is 0 Å². The van der Waals surface area contributed by atoms with Gasteiger partial charge < -0.3 is 5.73 Å². The molecule has 0 aliphatic carbocycles. The number of hydrogen-bond acceptors (Lipinski definition) is 5. The highest BCUT2D eigenvalue weighted by Gasteiger charge is 2.19. The van der Waals surface area contributed by atoms with E-state index in [-0.39, 0.29) is 5.23 Å². The molecule has 0 saturated heterocycles. The summed E-state index contributed by atoms with van der Waals surface area (Å²) in [4.78, 5) is 29.7. The van der Waals surface area contributed by atoms with Gasteiger partial charge in [0, 0.05) is 17.4 Å². The second-order valence-electron chi connectivity index (χ2n) is 1.80. The van der Waals surface area contributed by atoms with Crippen LogP contribution in [-0.4, -0.2) is 23.1 Å². The summed E-state index contributed by atoms with van der Waals surface area (Å²) in [6, 6.07) is 0. The lowest BCUT2D eigenvalue weighted by Gasteiger charge is -2.14. The van der Waals surface area contributed by atoms with Crippen LogP contribution >= 0.6 is 0 Å². The van der Waals surface area contributed by atoms with Gasteiger partial charge in [-0.1, -0.05) is 0 Å². The maximum absolute atomic E-state index is 10.6. The minimum absolute atomic E-state index is 0.227.